The molecule has 0 bridgehead atoms. The van der Waals surface area contributed by atoms with Gasteiger partial charge in [0.2, 0.25) is 5.91 Å². The molecule has 0 fully saturated rings. The molecule has 0 aliphatic rings. The zero-order chi connectivity index (χ0) is 15.9. The Bertz CT molecular complexity index is 660. The first-order valence-electron chi connectivity index (χ1n) is 6.13. The summed E-state index contributed by atoms with van der Waals surface area (Å²) in [7, 11) is -4.47. The first-order valence-corrected chi connectivity index (χ1v) is 9.68. The van der Waals surface area contributed by atoms with E-state index in [9.17, 15) is 17.4 Å². The molecule has 0 aliphatic heterocycles. The highest BCUT2D eigenvalue weighted by atomic mass is 32.2. The van der Waals surface area contributed by atoms with E-state index in [0.717, 1.165) is 6.26 Å². The summed E-state index contributed by atoms with van der Waals surface area (Å²) < 4.78 is 33.4. The van der Waals surface area contributed by atoms with Gasteiger partial charge in [0.15, 0.2) is 0 Å². The van der Waals surface area contributed by atoms with E-state index >= 15 is 0 Å². The first-order chi connectivity index (χ1) is 9.80. The molecule has 0 saturated carbocycles. The van der Waals surface area contributed by atoms with Gasteiger partial charge in [0, 0.05) is 40.7 Å². The Labute approximate surface area is 126 Å². The van der Waals surface area contributed by atoms with Gasteiger partial charge in [0.1, 0.15) is 9.84 Å². The van der Waals surface area contributed by atoms with Gasteiger partial charge in [-0.2, -0.15) is 5.26 Å². The van der Waals surface area contributed by atoms with Crippen LogP contribution in [0.25, 0.3) is 0 Å². The number of sulfone groups is 1. The average Bonchev–Trinajstić information content (AvgIpc) is 2.43. The number of hydrogen-bond donors (Lipinski definition) is 1. The number of carbonyl (C=O) groups excluding carboxylic acids is 1. The number of carbonyl (C=O) groups is 1. The molecule has 21 heavy (non-hydrogen) atoms. The summed E-state index contributed by atoms with van der Waals surface area (Å²) in [6.45, 7) is 0. The molecule has 0 spiro atoms. The number of anilines is 1. The molecule has 114 valence electrons. The summed E-state index contributed by atoms with van der Waals surface area (Å²) in [4.78, 5) is 11.6. The molecule has 1 aromatic rings. The van der Waals surface area contributed by atoms with E-state index in [1.165, 1.54) is 0 Å². The molecule has 8 heteroatoms. The molecule has 1 aromatic carbocycles. The van der Waals surface area contributed by atoms with Crippen molar-refractivity contribution in [2.75, 3.05) is 28.8 Å². The third-order valence-electron chi connectivity index (χ3n) is 2.54. The van der Waals surface area contributed by atoms with Crippen LogP contribution in [-0.2, 0) is 25.4 Å². The van der Waals surface area contributed by atoms with Gasteiger partial charge >= 0.3 is 0 Å². The van der Waals surface area contributed by atoms with E-state index in [2.05, 4.69) is 5.32 Å². The Hall–Kier alpha value is -1.72. The van der Waals surface area contributed by atoms with Crippen molar-refractivity contribution in [1.29, 1.82) is 5.26 Å². The van der Waals surface area contributed by atoms with Crippen LogP contribution in [-0.4, -0.2) is 42.0 Å². The molecule has 1 N–H and O–H groups in total. The van der Waals surface area contributed by atoms with Crippen LogP contribution in [0.3, 0.4) is 0 Å². The van der Waals surface area contributed by atoms with E-state index in [1.54, 1.807) is 24.3 Å². The molecular weight excluding hydrogens is 312 g/mol. The largest absolute Gasteiger partial charge is 0.326 e. The first kappa shape index (κ1) is 17.3. The van der Waals surface area contributed by atoms with Crippen LogP contribution in [0, 0.1) is 11.3 Å². The minimum absolute atomic E-state index is 0.0446. The molecular formula is C13H16N2O4S2. The van der Waals surface area contributed by atoms with Gasteiger partial charge in [0.25, 0.3) is 0 Å². The maximum atomic E-state index is 11.6. The zero-order valence-corrected chi connectivity index (χ0v) is 13.2. The van der Waals surface area contributed by atoms with Crippen molar-refractivity contribution in [1.82, 2.24) is 0 Å². The van der Waals surface area contributed by atoms with E-state index in [1.807, 2.05) is 6.07 Å². The van der Waals surface area contributed by atoms with Crippen LogP contribution in [0.15, 0.2) is 24.3 Å². The second kappa shape index (κ2) is 7.90. The Kier molecular flexibility index (Phi) is 6.52. The van der Waals surface area contributed by atoms with Crippen LogP contribution in [0.5, 0.6) is 0 Å². The Balaban J connectivity index is 2.37. The van der Waals surface area contributed by atoms with E-state index in [4.69, 9.17) is 5.26 Å². The number of hydrogen-bond acceptors (Lipinski definition) is 5. The fraction of sp³-hybridized carbons (Fsp3) is 0.385. The number of nitriles is 1. The highest BCUT2D eigenvalue weighted by Gasteiger charge is 2.09. The number of nitrogens with zero attached hydrogens (tertiary/aromatic N) is 1. The fourth-order valence-electron chi connectivity index (χ4n) is 1.40. The molecule has 0 heterocycles. The summed E-state index contributed by atoms with van der Waals surface area (Å²) in [5, 5.41) is 11.3. The molecule has 0 aromatic heterocycles. The number of nitrogens with one attached hydrogen (secondary N) is 1. The molecule has 1 rings (SSSR count). The normalized spacial score (nSPS) is 12.4. The van der Waals surface area contributed by atoms with Crippen LogP contribution >= 0.6 is 0 Å². The molecule has 1 amide bonds. The Morgan fingerprint density at radius 2 is 1.90 bits per heavy atom. The molecule has 0 saturated heterocycles. The molecule has 0 radical (unpaired) electrons. The Morgan fingerprint density at radius 1 is 1.29 bits per heavy atom. The van der Waals surface area contributed by atoms with E-state index < -0.39 is 20.6 Å². The molecule has 6 nitrogen and oxygen atoms in total. The SMILES string of the molecule is CS(=O)(=O)CCS(=O)CCC(=O)Nc1ccc(C#N)cc1. The average molecular weight is 328 g/mol. The van der Waals surface area contributed by atoms with Crippen molar-refractivity contribution in [2.45, 2.75) is 6.42 Å². The smallest absolute Gasteiger partial charge is 0.225 e. The monoisotopic (exact) mass is 328 g/mol. The lowest BCUT2D eigenvalue weighted by atomic mass is 10.2. The van der Waals surface area contributed by atoms with Crippen molar-refractivity contribution in [3.63, 3.8) is 0 Å². The van der Waals surface area contributed by atoms with Gasteiger partial charge < -0.3 is 5.32 Å². The summed E-state index contributed by atoms with van der Waals surface area (Å²) >= 11 is 0. The maximum Gasteiger partial charge on any atom is 0.225 e. The van der Waals surface area contributed by atoms with Crippen molar-refractivity contribution in [3.05, 3.63) is 29.8 Å². The highest BCUT2D eigenvalue weighted by molar-refractivity contribution is 7.92. The minimum Gasteiger partial charge on any atom is -0.326 e. The predicted molar refractivity (Wildman–Crippen MR) is 82.0 cm³/mol. The van der Waals surface area contributed by atoms with Crippen molar-refractivity contribution in [2.24, 2.45) is 0 Å². The Morgan fingerprint density at radius 3 is 2.43 bits per heavy atom. The summed E-state index contributed by atoms with van der Waals surface area (Å²) in [5.41, 5.74) is 1.05. The van der Waals surface area contributed by atoms with Gasteiger partial charge in [-0.3, -0.25) is 9.00 Å². The third-order valence-corrected chi connectivity index (χ3v) is 5.06. The summed E-state index contributed by atoms with van der Waals surface area (Å²) in [5.74, 6) is -0.273. The quantitative estimate of drug-likeness (QED) is 0.792. The lowest BCUT2D eigenvalue weighted by Crippen LogP contribution is -2.18. The second-order valence-corrected chi connectivity index (χ2v) is 8.42. The predicted octanol–water partition coefficient (Wildman–Crippen LogP) is 0.680. The maximum absolute atomic E-state index is 11.6. The summed E-state index contributed by atoms with van der Waals surface area (Å²) in [6, 6.07) is 8.35. The summed E-state index contributed by atoms with van der Waals surface area (Å²) in [6.07, 6.45) is 1.14. The zero-order valence-electron chi connectivity index (χ0n) is 11.5. The molecule has 1 atom stereocenters. The fourth-order valence-corrected chi connectivity index (χ4v) is 3.98. The van der Waals surface area contributed by atoms with Gasteiger partial charge in [-0.1, -0.05) is 0 Å². The van der Waals surface area contributed by atoms with Crippen LogP contribution < -0.4 is 5.32 Å². The van der Waals surface area contributed by atoms with Gasteiger partial charge in [-0.25, -0.2) is 8.42 Å². The standard InChI is InChI=1S/C13H16N2O4S2/c1-21(18,19)9-8-20(17)7-6-13(16)15-12-4-2-11(10-14)3-5-12/h2-5H,6-9H2,1H3,(H,15,16). The topological polar surface area (TPSA) is 104 Å². The van der Waals surface area contributed by atoms with Crippen LogP contribution in [0.2, 0.25) is 0 Å². The lowest BCUT2D eigenvalue weighted by Gasteiger charge is -2.05. The molecule has 1 unspecified atom stereocenters. The number of benzene rings is 1. The van der Waals surface area contributed by atoms with Gasteiger partial charge in [0.05, 0.1) is 17.4 Å². The van der Waals surface area contributed by atoms with Gasteiger partial charge in [-0.05, 0) is 24.3 Å². The molecule has 0 aliphatic carbocycles. The second-order valence-electron chi connectivity index (χ2n) is 4.47. The van der Waals surface area contributed by atoms with Crippen molar-refractivity contribution >= 4 is 32.2 Å². The third kappa shape index (κ3) is 7.58. The van der Waals surface area contributed by atoms with Crippen molar-refractivity contribution in [3.8, 4) is 6.07 Å². The van der Waals surface area contributed by atoms with Gasteiger partial charge in [-0.15, -0.1) is 0 Å². The highest BCUT2D eigenvalue weighted by Crippen LogP contribution is 2.09. The van der Waals surface area contributed by atoms with E-state index in [0.29, 0.717) is 11.3 Å². The minimum atomic E-state index is -3.13. The van der Waals surface area contributed by atoms with Crippen LogP contribution in [0.1, 0.15) is 12.0 Å². The lowest BCUT2D eigenvalue weighted by molar-refractivity contribution is -0.115. The van der Waals surface area contributed by atoms with E-state index in [-0.39, 0.29) is 29.6 Å². The van der Waals surface area contributed by atoms with Crippen LogP contribution in [0.4, 0.5) is 5.69 Å². The van der Waals surface area contributed by atoms with Crippen molar-refractivity contribution < 1.29 is 17.4 Å². The number of amides is 1. The number of rotatable bonds is 7.